The molecule has 0 aliphatic heterocycles. The van der Waals surface area contributed by atoms with Gasteiger partial charge in [0.1, 0.15) is 6.54 Å². The van der Waals surface area contributed by atoms with Crippen molar-refractivity contribution in [1.82, 2.24) is 5.27 Å². The Morgan fingerprint density at radius 2 is 1.65 bits per heavy atom. The van der Waals surface area contributed by atoms with E-state index in [0.29, 0.717) is 5.69 Å². The third-order valence-electron chi connectivity index (χ3n) is 3.65. The van der Waals surface area contributed by atoms with Gasteiger partial charge >= 0.3 is 0 Å². The first-order chi connectivity index (χ1) is 11.3. The van der Waals surface area contributed by atoms with Crippen LogP contribution < -0.4 is 15.5 Å². The fraction of sp³-hybridized carbons (Fsp3) is 0.158. The van der Waals surface area contributed by atoms with E-state index in [1.165, 1.54) is 5.56 Å². The van der Waals surface area contributed by atoms with Crippen molar-refractivity contribution in [2.24, 2.45) is 0 Å². The number of aromatic nitrogens is 2. The van der Waals surface area contributed by atoms with Crippen LogP contribution >= 0.6 is 0 Å². The molecule has 116 valence electrons. The van der Waals surface area contributed by atoms with E-state index in [1.54, 1.807) is 4.68 Å². The van der Waals surface area contributed by atoms with Crippen LogP contribution in [0.4, 0.5) is 0 Å². The first-order valence-corrected chi connectivity index (χ1v) is 7.71. The highest BCUT2D eigenvalue weighted by Crippen LogP contribution is 2.04. The summed E-state index contributed by atoms with van der Waals surface area (Å²) >= 11 is 0. The second-order valence-electron chi connectivity index (χ2n) is 5.34. The predicted molar refractivity (Wildman–Crippen MR) is 88.2 cm³/mol. The van der Waals surface area contributed by atoms with Crippen molar-refractivity contribution in [2.75, 3.05) is 0 Å². The maximum absolute atomic E-state index is 7.86. The van der Waals surface area contributed by atoms with Crippen molar-refractivity contribution in [3.05, 3.63) is 83.0 Å². The van der Waals surface area contributed by atoms with Gasteiger partial charge in [-0.1, -0.05) is 60.7 Å². The van der Waals surface area contributed by atoms with Gasteiger partial charge in [-0.2, -0.15) is 0 Å². The topological polar surface area (TPSA) is 55.0 Å². The molecule has 0 saturated carbocycles. The molecule has 4 heteroatoms. The summed E-state index contributed by atoms with van der Waals surface area (Å²) in [5.41, 5.74) is 3.19. The lowest BCUT2D eigenvalue weighted by Gasteiger charge is -2.01. The van der Waals surface area contributed by atoms with Gasteiger partial charge in [0.15, 0.2) is 0 Å². The summed E-state index contributed by atoms with van der Waals surface area (Å²) in [7, 11) is 0. The van der Waals surface area contributed by atoms with Crippen LogP contribution in [0, 0.1) is 5.41 Å². The summed E-state index contributed by atoms with van der Waals surface area (Å²) in [5, 5.41) is 11.8. The van der Waals surface area contributed by atoms with E-state index in [-0.39, 0.29) is 5.55 Å². The number of nitrogens with zero attached hydrogens (tertiary/aromatic N) is 2. The van der Waals surface area contributed by atoms with Gasteiger partial charge in [-0.3, -0.25) is 10.7 Å². The average Bonchev–Trinajstić information content (AvgIpc) is 2.95. The van der Waals surface area contributed by atoms with E-state index >= 15 is 0 Å². The standard InChI is InChI=1S/C19H19N3O/c20-19-18(14-13-17-10-5-2-6-11-17)22(21-23-19)15-7-12-16-8-3-1-4-9-16/h1-6,8-11,13-14,20H,7,12,15H2/b14-13+,20-19?. The monoisotopic (exact) mass is 305 g/mol. The fourth-order valence-electron chi connectivity index (χ4n) is 2.44. The molecule has 4 nitrogen and oxygen atoms in total. The predicted octanol–water partition coefficient (Wildman–Crippen LogP) is 2.81. The Bertz CT molecular complexity index is 817. The fourth-order valence-corrected chi connectivity index (χ4v) is 2.44. The van der Waals surface area contributed by atoms with Gasteiger partial charge in [-0.25, -0.2) is 4.68 Å². The van der Waals surface area contributed by atoms with Gasteiger partial charge in [-0.15, -0.1) is 0 Å². The molecular formula is C19H19N3O. The Morgan fingerprint density at radius 3 is 2.39 bits per heavy atom. The Labute approximate surface area is 135 Å². The van der Waals surface area contributed by atoms with Crippen LogP contribution in [0.1, 0.15) is 23.2 Å². The molecule has 1 heterocycles. The maximum atomic E-state index is 7.86. The molecule has 0 saturated heterocycles. The van der Waals surface area contributed by atoms with Gasteiger partial charge in [0.25, 0.3) is 11.2 Å². The number of benzene rings is 2. The molecule has 3 aromatic rings. The van der Waals surface area contributed by atoms with E-state index < -0.39 is 0 Å². The van der Waals surface area contributed by atoms with Gasteiger partial charge in [0.05, 0.1) is 0 Å². The third-order valence-corrected chi connectivity index (χ3v) is 3.65. The molecule has 0 amide bonds. The minimum atomic E-state index is 0.0943. The van der Waals surface area contributed by atoms with E-state index in [4.69, 9.17) is 9.93 Å². The molecule has 3 rings (SSSR count). The highest BCUT2D eigenvalue weighted by Gasteiger charge is 2.08. The second kappa shape index (κ2) is 7.40. The van der Waals surface area contributed by atoms with Gasteiger partial charge in [-0.05, 0) is 23.6 Å². The van der Waals surface area contributed by atoms with Crippen molar-refractivity contribution >= 4 is 12.2 Å². The molecule has 0 aliphatic carbocycles. The molecule has 23 heavy (non-hydrogen) atoms. The number of nitrogens with one attached hydrogen (secondary N) is 1. The minimum absolute atomic E-state index is 0.0943. The van der Waals surface area contributed by atoms with E-state index in [0.717, 1.165) is 24.9 Å². The first kappa shape index (κ1) is 15.0. The Balaban J connectivity index is 1.67. The Morgan fingerprint density at radius 1 is 0.957 bits per heavy atom. The highest BCUT2D eigenvalue weighted by molar-refractivity contribution is 5.66. The van der Waals surface area contributed by atoms with Crippen LogP contribution in [0.5, 0.6) is 0 Å². The van der Waals surface area contributed by atoms with Crippen molar-refractivity contribution in [3.63, 3.8) is 0 Å². The molecule has 0 aliphatic rings. The molecule has 0 radical (unpaired) electrons. The maximum Gasteiger partial charge on any atom is 0.273 e. The van der Waals surface area contributed by atoms with Crippen LogP contribution in [0.3, 0.4) is 0 Å². The van der Waals surface area contributed by atoms with Gasteiger partial charge in [0, 0.05) is 12.5 Å². The number of aryl methyl sites for hydroxylation is 2. The van der Waals surface area contributed by atoms with Crippen molar-refractivity contribution in [3.8, 4) is 0 Å². The molecular weight excluding hydrogens is 286 g/mol. The lowest BCUT2D eigenvalue weighted by Crippen LogP contribution is -2.41. The zero-order chi connectivity index (χ0) is 15.9. The summed E-state index contributed by atoms with van der Waals surface area (Å²) in [5.74, 6) is 0. The first-order valence-electron chi connectivity index (χ1n) is 7.71. The summed E-state index contributed by atoms with van der Waals surface area (Å²) in [6.07, 6.45) is 5.79. The quantitative estimate of drug-likeness (QED) is 0.712. The summed E-state index contributed by atoms with van der Waals surface area (Å²) in [6.45, 7) is 0.728. The SMILES string of the molecule is N=c1o[n-][n+](CCCc2ccccc2)c1/C=C/c1ccccc1. The molecule has 0 bridgehead atoms. The molecule has 0 atom stereocenters. The summed E-state index contributed by atoms with van der Waals surface area (Å²) < 4.78 is 6.77. The molecule has 0 unspecified atom stereocenters. The van der Waals surface area contributed by atoms with Crippen molar-refractivity contribution < 1.29 is 9.20 Å². The Kier molecular flexibility index (Phi) is 4.84. The number of rotatable bonds is 6. The van der Waals surface area contributed by atoms with Crippen molar-refractivity contribution in [2.45, 2.75) is 19.4 Å². The van der Waals surface area contributed by atoms with Crippen LogP contribution in [0.15, 0.2) is 65.2 Å². The van der Waals surface area contributed by atoms with Crippen molar-refractivity contribution in [1.29, 1.82) is 5.41 Å². The normalized spacial score (nSPS) is 11.1. The van der Waals surface area contributed by atoms with E-state index in [2.05, 4.69) is 29.5 Å². The molecule has 2 aromatic carbocycles. The average molecular weight is 305 g/mol. The minimum Gasteiger partial charge on any atom is -0.487 e. The zero-order valence-electron chi connectivity index (χ0n) is 12.9. The molecule has 1 N–H and O–H groups in total. The second-order valence-corrected chi connectivity index (χ2v) is 5.34. The van der Waals surface area contributed by atoms with E-state index in [9.17, 15) is 0 Å². The highest BCUT2D eigenvalue weighted by atomic mass is 16.5. The third kappa shape index (κ3) is 4.07. The summed E-state index contributed by atoms with van der Waals surface area (Å²) in [6, 6.07) is 20.4. The van der Waals surface area contributed by atoms with Crippen LogP contribution in [0.2, 0.25) is 0 Å². The molecule has 0 fully saturated rings. The number of hydrogen-bond acceptors (Lipinski definition) is 2. The Hall–Kier alpha value is -2.88. The molecule has 1 aromatic heterocycles. The lowest BCUT2D eigenvalue weighted by molar-refractivity contribution is -0.769. The lowest BCUT2D eigenvalue weighted by atomic mass is 10.1. The van der Waals surface area contributed by atoms with E-state index in [1.807, 2.05) is 48.6 Å². The van der Waals surface area contributed by atoms with Gasteiger partial charge in [0.2, 0.25) is 0 Å². The van der Waals surface area contributed by atoms with Crippen LogP contribution in [0.25, 0.3) is 12.2 Å². The largest absolute Gasteiger partial charge is 0.487 e. The van der Waals surface area contributed by atoms with Crippen LogP contribution in [-0.2, 0) is 13.0 Å². The van der Waals surface area contributed by atoms with Gasteiger partial charge < -0.3 is 4.52 Å². The van der Waals surface area contributed by atoms with Crippen LogP contribution in [-0.4, -0.2) is 0 Å². The number of hydrogen-bond donors (Lipinski definition) is 1. The summed E-state index contributed by atoms with van der Waals surface area (Å²) in [4.78, 5) is 0. The zero-order valence-corrected chi connectivity index (χ0v) is 12.9. The molecule has 0 spiro atoms. The smallest absolute Gasteiger partial charge is 0.273 e.